The van der Waals surface area contributed by atoms with E-state index in [0.717, 1.165) is 4.31 Å². The highest BCUT2D eigenvalue weighted by molar-refractivity contribution is 7.93. The van der Waals surface area contributed by atoms with Gasteiger partial charge in [-0.3, -0.25) is 19.1 Å². The summed E-state index contributed by atoms with van der Waals surface area (Å²) in [4.78, 5) is 23.7. The average molecular weight is 578 g/mol. The Hall–Kier alpha value is -3.69. The summed E-state index contributed by atoms with van der Waals surface area (Å²) in [5.74, 6) is -0.417. The van der Waals surface area contributed by atoms with Crippen LogP contribution in [0.2, 0.25) is 0 Å². The smallest absolute Gasteiger partial charge is 0.427 e. The summed E-state index contributed by atoms with van der Waals surface area (Å²) in [6.45, 7) is 5.62. The van der Waals surface area contributed by atoms with Gasteiger partial charge in [0.1, 0.15) is 11.9 Å². The van der Waals surface area contributed by atoms with Gasteiger partial charge in [0.25, 0.3) is 15.9 Å². The number of nitrogens with zero attached hydrogens (tertiary/aromatic N) is 3. The third-order valence-electron chi connectivity index (χ3n) is 6.11. The van der Waals surface area contributed by atoms with Crippen molar-refractivity contribution in [2.75, 3.05) is 23.3 Å². The number of nitrogens with one attached hydrogen (secondary N) is 2. The minimum atomic E-state index is -4.82. The highest BCUT2D eigenvalue weighted by atomic mass is 32.2. The van der Waals surface area contributed by atoms with E-state index >= 15 is 0 Å². The average Bonchev–Trinajstić information content (AvgIpc) is 3.10. The summed E-state index contributed by atoms with van der Waals surface area (Å²) in [5, 5.41) is 8.95. The van der Waals surface area contributed by atoms with Gasteiger partial charge in [-0.2, -0.15) is 13.2 Å². The van der Waals surface area contributed by atoms with Crippen LogP contribution in [0.5, 0.6) is 11.6 Å². The third kappa shape index (κ3) is 5.99. The number of hydrogen-bond donors (Lipinski definition) is 2. The molecular formula is C23H30F3N5O7S. The molecule has 0 saturated carbocycles. The Balaban J connectivity index is 2.06. The van der Waals surface area contributed by atoms with Crippen LogP contribution >= 0.6 is 0 Å². The fraction of sp³-hybridized carbons (Fsp3) is 0.522. The minimum Gasteiger partial charge on any atom is -0.484 e. The van der Waals surface area contributed by atoms with E-state index < -0.39 is 40.0 Å². The van der Waals surface area contributed by atoms with E-state index in [1.807, 2.05) is 0 Å². The van der Waals surface area contributed by atoms with Gasteiger partial charge in [0.2, 0.25) is 11.5 Å². The number of rotatable bonds is 7. The maximum atomic E-state index is 14.0. The zero-order chi connectivity index (χ0) is 29.5. The van der Waals surface area contributed by atoms with E-state index in [-0.39, 0.29) is 46.0 Å². The molecule has 0 saturated heterocycles. The second-order valence-electron chi connectivity index (χ2n) is 9.43. The number of benzene rings is 1. The summed E-state index contributed by atoms with van der Waals surface area (Å²) in [5.41, 5.74) is -2.56. The third-order valence-corrected chi connectivity index (χ3v) is 8.02. The lowest BCUT2D eigenvalue weighted by Crippen LogP contribution is -2.52. The summed E-state index contributed by atoms with van der Waals surface area (Å²) >= 11 is 0. The molecule has 2 aromatic rings. The molecule has 39 heavy (non-hydrogen) atoms. The molecule has 16 heteroatoms. The number of amides is 2. The molecule has 2 heterocycles. The van der Waals surface area contributed by atoms with Gasteiger partial charge in [0, 0.05) is 19.7 Å². The Labute approximate surface area is 223 Å². The molecule has 12 nitrogen and oxygen atoms in total. The van der Waals surface area contributed by atoms with Crippen LogP contribution in [0.3, 0.4) is 0 Å². The van der Waals surface area contributed by atoms with Crippen molar-refractivity contribution in [3.63, 3.8) is 0 Å². The number of hydrogen-bond acceptors (Lipinski definition) is 8. The van der Waals surface area contributed by atoms with Gasteiger partial charge in [0.15, 0.2) is 4.90 Å². The largest absolute Gasteiger partial charge is 0.484 e. The second kappa shape index (κ2) is 10.5. The first-order chi connectivity index (χ1) is 17.9. The van der Waals surface area contributed by atoms with Crippen molar-refractivity contribution in [3.8, 4) is 11.6 Å². The van der Waals surface area contributed by atoms with Gasteiger partial charge in [-0.25, -0.2) is 13.2 Å². The van der Waals surface area contributed by atoms with Crippen molar-refractivity contribution in [2.45, 2.75) is 63.4 Å². The molecule has 0 bridgehead atoms. The van der Waals surface area contributed by atoms with Gasteiger partial charge in [-0.15, -0.1) is 5.10 Å². The van der Waals surface area contributed by atoms with E-state index in [2.05, 4.69) is 20.5 Å². The van der Waals surface area contributed by atoms with Crippen molar-refractivity contribution in [1.82, 2.24) is 15.1 Å². The van der Waals surface area contributed by atoms with Crippen LogP contribution in [-0.4, -0.2) is 67.8 Å². The zero-order valence-corrected chi connectivity index (χ0v) is 23.2. The van der Waals surface area contributed by atoms with Crippen LogP contribution in [0.25, 0.3) is 0 Å². The molecule has 0 unspecified atom stereocenters. The molecule has 216 valence electrons. The van der Waals surface area contributed by atoms with E-state index in [0.29, 0.717) is 13.8 Å². The summed E-state index contributed by atoms with van der Waals surface area (Å²) in [6.07, 6.45) is -7.04. The van der Waals surface area contributed by atoms with Crippen molar-refractivity contribution in [2.24, 2.45) is 7.05 Å². The molecule has 1 aliphatic heterocycles. The number of aryl methyl sites for hydroxylation is 1. The number of aromatic nitrogens is 2. The zero-order valence-electron chi connectivity index (χ0n) is 22.3. The number of halogens is 3. The first-order valence-corrected chi connectivity index (χ1v) is 13.1. The van der Waals surface area contributed by atoms with Crippen LogP contribution in [-0.2, 0) is 26.6 Å². The van der Waals surface area contributed by atoms with Gasteiger partial charge in [0.05, 0.1) is 31.1 Å². The molecule has 2 atom stereocenters. The summed E-state index contributed by atoms with van der Waals surface area (Å²) < 4.78 is 85.5. The second-order valence-corrected chi connectivity index (χ2v) is 11.2. The Morgan fingerprint density at radius 3 is 2.46 bits per heavy atom. The van der Waals surface area contributed by atoms with Crippen molar-refractivity contribution in [3.05, 3.63) is 23.9 Å². The summed E-state index contributed by atoms with van der Waals surface area (Å²) in [7, 11) is -1.56. The molecule has 2 N–H and O–H groups in total. The predicted molar refractivity (Wildman–Crippen MR) is 133 cm³/mol. The number of fused-ring (bicyclic) bond motifs is 1. The van der Waals surface area contributed by atoms with Crippen LogP contribution < -0.4 is 24.4 Å². The van der Waals surface area contributed by atoms with Crippen LogP contribution in [0, 0.1) is 6.92 Å². The maximum absolute atomic E-state index is 14.0. The molecule has 2 amide bonds. The number of alkyl halides is 3. The van der Waals surface area contributed by atoms with E-state index in [1.54, 1.807) is 14.0 Å². The van der Waals surface area contributed by atoms with Gasteiger partial charge >= 0.3 is 12.3 Å². The topological polar surface area (TPSA) is 141 Å². The molecule has 3 rings (SSSR count). The monoisotopic (exact) mass is 577 g/mol. The van der Waals surface area contributed by atoms with Gasteiger partial charge in [-0.1, -0.05) is 0 Å². The van der Waals surface area contributed by atoms with Crippen LogP contribution in [0.4, 0.5) is 29.3 Å². The fourth-order valence-corrected chi connectivity index (χ4v) is 5.60. The van der Waals surface area contributed by atoms with Gasteiger partial charge in [-0.05, 0) is 45.9 Å². The van der Waals surface area contributed by atoms with E-state index in [9.17, 15) is 31.2 Å². The number of sulfonamides is 1. The highest BCUT2D eigenvalue weighted by Gasteiger charge is 2.51. The standard InChI is InChI=1S/C23H30F3N5O7S/c1-12(27-14(3)32)18-11-31(39(34,35)19-13(2)30(6)29-20(19)36-7)16-10-15(8-9-17(16)37-18)28-21(33)38-22(4,5)23(24,25)26/h8-10,12,18H,11H2,1-7H3,(H,27,32)(H,28,33)/t12-,18-/m1/s1. The van der Waals surface area contributed by atoms with Crippen LogP contribution in [0.15, 0.2) is 23.1 Å². The Kier molecular flexibility index (Phi) is 8.01. The molecule has 1 aromatic heterocycles. The minimum absolute atomic E-state index is 0.0144. The number of anilines is 2. The molecule has 0 aliphatic carbocycles. The molecule has 1 aromatic carbocycles. The predicted octanol–water partition coefficient (Wildman–Crippen LogP) is 3.11. The first-order valence-electron chi connectivity index (χ1n) is 11.6. The lowest BCUT2D eigenvalue weighted by molar-refractivity contribution is -0.242. The summed E-state index contributed by atoms with van der Waals surface area (Å²) in [6, 6.07) is 3.28. The lowest BCUT2D eigenvalue weighted by atomic mass is 10.1. The number of methoxy groups -OCH3 is 1. The van der Waals surface area contributed by atoms with Gasteiger partial charge < -0.3 is 19.5 Å². The molecule has 0 spiro atoms. The number of carbonyl (C=O) groups is 2. The van der Waals surface area contributed by atoms with E-state index in [4.69, 9.17) is 9.47 Å². The number of carbonyl (C=O) groups excluding carboxylic acids is 2. The lowest BCUT2D eigenvalue weighted by Gasteiger charge is -2.38. The first kappa shape index (κ1) is 29.9. The fourth-order valence-electron chi connectivity index (χ4n) is 3.79. The van der Waals surface area contributed by atoms with Crippen molar-refractivity contribution >= 4 is 33.4 Å². The normalized spacial score (nSPS) is 16.6. The molecule has 0 radical (unpaired) electrons. The Morgan fingerprint density at radius 2 is 1.90 bits per heavy atom. The van der Waals surface area contributed by atoms with Crippen molar-refractivity contribution in [1.29, 1.82) is 0 Å². The maximum Gasteiger partial charge on any atom is 0.427 e. The van der Waals surface area contributed by atoms with Crippen LogP contribution in [0.1, 0.15) is 33.4 Å². The Morgan fingerprint density at radius 1 is 1.26 bits per heavy atom. The van der Waals surface area contributed by atoms with E-state index in [1.165, 1.54) is 43.8 Å². The molecule has 0 fully saturated rings. The van der Waals surface area contributed by atoms with Crippen molar-refractivity contribution < 1.29 is 45.4 Å². The highest BCUT2D eigenvalue weighted by Crippen LogP contribution is 2.41. The SMILES string of the molecule is COc1nn(C)c(C)c1S(=O)(=O)N1C[C@H]([C@@H](C)NC(C)=O)Oc2ccc(NC(=O)OC(C)(C)C(F)(F)F)cc21. The quantitative estimate of drug-likeness (QED) is 0.512. The Bertz CT molecular complexity index is 1370. The molecular weight excluding hydrogens is 547 g/mol. The number of ether oxygens (including phenoxy) is 3. The molecule has 1 aliphatic rings.